The Morgan fingerprint density at radius 1 is 1.26 bits per heavy atom. The van der Waals surface area contributed by atoms with E-state index in [0.717, 1.165) is 5.69 Å². The number of likely N-dealkylation sites (tertiary alicyclic amines) is 1. The second-order valence-corrected chi connectivity index (χ2v) is 8.60. The molecule has 2 saturated heterocycles. The van der Waals surface area contributed by atoms with Crippen molar-refractivity contribution in [3.8, 4) is 0 Å². The minimum absolute atomic E-state index is 0.0353. The molecule has 146 valence electrons. The van der Waals surface area contributed by atoms with Gasteiger partial charge in [0.25, 0.3) is 5.91 Å². The first-order valence-electron chi connectivity index (χ1n) is 9.49. The van der Waals surface area contributed by atoms with Crippen molar-refractivity contribution in [1.29, 1.82) is 0 Å². The van der Waals surface area contributed by atoms with Crippen LogP contribution < -0.4 is 0 Å². The number of aliphatic imine (C=N–C) groups is 1. The van der Waals surface area contributed by atoms with Crippen LogP contribution in [0.5, 0.6) is 0 Å². The second kappa shape index (κ2) is 6.43. The summed E-state index contributed by atoms with van der Waals surface area (Å²) >= 11 is 0. The Morgan fingerprint density at radius 3 is 2.63 bits per heavy atom. The molecule has 27 heavy (non-hydrogen) atoms. The van der Waals surface area contributed by atoms with Crippen LogP contribution in [0.3, 0.4) is 0 Å². The van der Waals surface area contributed by atoms with Gasteiger partial charge in [-0.3, -0.25) is 9.48 Å². The number of rotatable bonds is 2. The van der Waals surface area contributed by atoms with Gasteiger partial charge in [-0.1, -0.05) is 0 Å². The molecule has 1 unspecified atom stereocenters. The number of ether oxygens (including phenoxy) is 1. The molecule has 0 aromatic carbocycles. The zero-order valence-electron chi connectivity index (χ0n) is 16.7. The van der Waals surface area contributed by atoms with Gasteiger partial charge in [0.2, 0.25) is 0 Å². The van der Waals surface area contributed by atoms with Crippen LogP contribution in [0.4, 0.5) is 5.82 Å². The molecule has 2 fully saturated rings. The monoisotopic (exact) mass is 374 g/mol. The number of aromatic nitrogens is 2. The molecule has 1 amide bonds. The molecule has 9 heteroatoms. The molecule has 4 rings (SSSR count). The topological polar surface area (TPSA) is 78.2 Å². The summed E-state index contributed by atoms with van der Waals surface area (Å²) in [6.45, 7) is 10.6. The van der Waals surface area contributed by atoms with Crippen LogP contribution in [0.15, 0.2) is 11.1 Å². The number of nitrogens with zero attached hydrogens (tertiary/aromatic N) is 4. The lowest BCUT2D eigenvalue weighted by Gasteiger charge is -2.32. The Bertz CT molecular complexity index is 749. The molecule has 1 aromatic heterocycles. The van der Waals surface area contributed by atoms with Crippen LogP contribution in [0.2, 0.25) is 5.82 Å². The Balaban J connectivity index is 1.56. The molecular formula is C18H27BN4O4. The van der Waals surface area contributed by atoms with Crippen molar-refractivity contribution in [2.75, 3.05) is 20.2 Å². The fraction of sp³-hybridized carbons (Fsp3) is 0.722. The number of piperidine rings is 1. The van der Waals surface area contributed by atoms with Gasteiger partial charge in [0.05, 0.1) is 36.7 Å². The molecule has 3 aliphatic rings. The molecule has 1 aromatic rings. The van der Waals surface area contributed by atoms with Gasteiger partial charge in [0.1, 0.15) is 5.71 Å². The highest BCUT2D eigenvalue weighted by Gasteiger charge is 2.55. The van der Waals surface area contributed by atoms with Crippen molar-refractivity contribution >= 4 is 24.6 Å². The summed E-state index contributed by atoms with van der Waals surface area (Å²) in [6, 6.07) is 1.89. The highest BCUT2D eigenvalue weighted by atomic mass is 16.7. The standard InChI is InChI=1S/C18H27BN4O4/c1-17(2)18(3,4)27-19(26-17)12-8-14(16(24)22(5)10-12)20-15-9-13-11-25-7-6-23(13)21-15/h9,12H,6-8,10-11H2,1-5H3. The molecule has 1 atom stereocenters. The van der Waals surface area contributed by atoms with E-state index in [9.17, 15) is 4.79 Å². The lowest BCUT2D eigenvalue weighted by Crippen LogP contribution is -2.46. The average Bonchev–Trinajstić information content (AvgIpc) is 3.08. The van der Waals surface area contributed by atoms with Crippen LogP contribution in [0, 0.1) is 0 Å². The van der Waals surface area contributed by atoms with Crippen LogP contribution in [-0.2, 0) is 32.0 Å². The second-order valence-electron chi connectivity index (χ2n) is 8.60. The summed E-state index contributed by atoms with van der Waals surface area (Å²) in [5.41, 5.74) is 0.704. The molecular weight excluding hydrogens is 347 g/mol. The third kappa shape index (κ3) is 3.32. The molecule has 4 heterocycles. The quantitative estimate of drug-likeness (QED) is 0.738. The van der Waals surface area contributed by atoms with E-state index >= 15 is 0 Å². The zero-order valence-corrected chi connectivity index (χ0v) is 16.7. The summed E-state index contributed by atoms with van der Waals surface area (Å²) in [4.78, 5) is 18.9. The predicted molar refractivity (Wildman–Crippen MR) is 101 cm³/mol. The van der Waals surface area contributed by atoms with Gasteiger partial charge in [-0.05, 0) is 34.1 Å². The average molecular weight is 374 g/mol. The normalized spacial score (nSPS) is 28.7. The highest BCUT2D eigenvalue weighted by Crippen LogP contribution is 2.42. The van der Waals surface area contributed by atoms with Gasteiger partial charge < -0.3 is 18.9 Å². The van der Waals surface area contributed by atoms with Gasteiger partial charge >= 0.3 is 7.12 Å². The van der Waals surface area contributed by atoms with E-state index in [2.05, 4.69) is 10.1 Å². The van der Waals surface area contributed by atoms with E-state index in [-0.39, 0.29) is 18.8 Å². The number of amides is 1. The van der Waals surface area contributed by atoms with Crippen LogP contribution in [0.25, 0.3) is 0 Å². The van der Waals surface area contributed by atoms with Crippen molar-refractivity contribution in [3.05, 3.63) is 11.8 Å². The van der Waals surface area contributed by atoms with Gasteiger partial charge in [0, 0.05) is 25.5 Å². The molecule has 0 aliphatic carbocycles. The Labute approximate surface area is 160 Å². The van der Waals surface area contributed by atoms with Crippen LogP contribution in [0.1, 0.15) is 39.8 Å². The van der Waals surface area contributed by atoms with Gasteiger partial charge in [-0.25, -0.2) is 4.99 Å². The molecule has 0 saturated carbocycles. The SMILES string of the molecule is CN1CC(B2OC(C)(C)C(C)(C)O2)CC(=Nc2cc3n(n2)CCOC3)C1=O. The predicted octanol–water partition coefficient (Wildman–Crippen LogP) is 1.81. The number of hydrogen-bond acceptors (Lipinski definition) is 6. The first-order valence-corrected chi connectivity index (χ1v) is 9.49. The minimum Gasteiger partial charge on any atom is -0.403 e. The summed E-state index contributed by atoms with van der Waals surface area (Å²) in [6.07, 6.45) is 0.513. The Morgan fingerprint density at radius 2 is 1.96 bits per heavy atom. The van der Waals surface area contributed by atoms with E-state index in [0.29, 0.717) is 44.3 Å². The number of hydrogen-bond donors (Lipinski definition) is 0. The van der Waals surface area contributed by atoms with Crippen molar-refractivity contribution in [2.45, 2.75) is 64.3 Å². The molecule has 0 N–H and O–H groups in total. The maximum absolute atomic E-state index is 12.6. The third-order valence-corrected chi connectivity index (χ3v) is 6.01. The molecule has 0 spiro atoms. The Kier molecular flexibility index (Phi) is 4.44. The summed E-state index contributed by atoms with van der Waals surface area (Å²) < 4.78 is 19.7. The fourth-order valence-electron chi connectivity index (χ4n) is 3.68. The highest BCUT2D eigenvalue weighted by molar-refractivity contribution is 6.51. The smallest absolute Gasteiger partial charge is 0.403 e. The lowest BCUT2D eigenvalue weighted by atomic mass is 9.67. The van der Waals surface area contributed by atoms with E-state index in [1.54, 1.807) is 11.9 Å². The maximum Gasteiger partial charge on any atom is 0.463 e. The lowest BCUT2D eigenvalue weighted by molar-refractivity contribution is -0.123. The summed E-state index contributed by atoms with van der Waals surface area (Å²) in [7, 11) is 1.43. The fourth-order valence-corrected chi connectivity index (χ4v) is 3.68. The maximum atomic E-state index is 12.6. The van der Waals surface area contributed by atoms with Gasteiger partial charge in [-0.2, -0.15) is 5.10 Å². The first kappa shape index (κ1) is 18.6. The van der Waals surface area contributed by atoms with Crippen molar-refractivity contribution in [3.63, 3.8) is 0 Å². The minimum atomic E-state index is -0.391. The van der Waals surface area contributed by atoms with E-state index < -0.39 is 11.2 Å². The zero-order chi connectivity index (χ0) is 19.4. The van der Waals surface area contributed by atoms with Crippen LogP contribution in [-0.4, -0.2) is 64.8 Å². The summed E-state index contributed by atoms with van der Waals surface area (Å²) in [5, 5.41) is 4.49. The van der Waals surface area contributed by atoms with Crippen molar-refractivity contribution in [1.82, 2.24) is 14.7 Å². The van der Waals surface area contributed by atoms with E-state index in [4.69, 9.17) is 14.0 Å². The van der Waals surface area contributed by atoms with E-state index in [1.807, 2.05) is 38.4 Å². The third-order valence-electron chi connectivity index (χ3n) is 6.01. The number of fused-ring (bicyclic) bond motifs is 1. The van der Waals surface area contributed by atoms with Crippen molar-refractivity contribution in [2.24, 2.45) is 4.99 Å². The molecule has 0 radical (unpaired) electrons. The molecule has 0 bridgehead atoms. The van der Waals surface area contributed by atoms with Crippen LogP contribution >= 0.6 is 0 Å². The Hall–Kier alpha value is -1.71. The van der Waals surface area contributed by atoms with E-state index in [1.165, 1.54) is 0 Å². The first-order chi connectivity index (χ1) is 12.7. The molecule has 8 nitrogen and oxygen atoms in total. The molecule has 3 aliphatic heterocycles. The van der Waals surface area contributed by atoms with Crippen molar-refractivity contribution < 1.29 is 18.8 Å². The van der Waals surface area contributed by atoms with Gasteiger partial charge in [-0.15, -0.1) is 0 Å². The van der Waals surface area contributed by atoms with Gasteiger partial charge in [0.15, 0.2) is 5.82 Å². The number of carbonyl (C=O) groups excluding carboxylic acids is 1. The largest absolute Gasteiger partial charge is 0.463 e. The number of carbonyl (C=O) groups is 1. The summed E-state index contributed by atoms with van der Waals surface area (Å²) in [5.74, 6) is 0.528.